The van der Waals surface area contributed by atoms with Crippen LogP contribution in [0.2, 0.25) is 0 Å². The van der Waals surface area contributed by atoms with Crippen LogP contribution >= 0.6 is 7.95 Å². The van der Waals surface area contributed by atoms with Crippen LogP contribution in [0.15, 0.2) is 30.5 Å². The molecule has 10 heteroatoms. The molecule has 1 saturated heterocycles. The number of nitrogens with two attached hydrogens (primary N) is 2. The minimum Gasteiger partial charge on any atom is -0.361 e. The maximum absolute atomic E-state index is 13.1. The summed E-state index contributed by atoms with van der Waals surface area (Å²) in [6, 6.07) is 6.98. The Hall–Kier alpha value is -2.19. The summed E-state index contributed by atoms with van der Waals surface area (Å²) in [6.45, 7) is 2.84. The molecule has 2 amide bonds. The summed E-state index contributed by atoms with van der Waals surface area (Å²) >= 11 is 0. The second-order valence-electron chi connectivity index (χ2n) is 7.45. The first-order valence-corrected chi connectivity index (χ1v) is 11.3. The topological polar surface area (TPSA) is 146 Å². The average molecular weight is 420 g/mol. The van der Waals surface area contributed by atoms with E-state index in [9.17, 15) is 14.2 Å². The molecule has 158 valence electrons. The van der Waals surface area contributed by atoms with Gasteiger partial charge in [0.1, 0.15) is 0 Å². The van der Waals surface area contributed by atoms with E-state index in [0.717, 1.165) is 27.9 Å². The van der Waals surface area contributed by atoms with Crippen LogP contribution in [0.3, 0.4) is 0 Å². The number of hydrogen-bond donors (Lipinski definition) is 5. The Morgan fingerprint density at radius 2 is 2.17 bits per heavy atom. The molecule has 2 unspecified atom stereocenters. The fourth-order valence-corrected chi connectivity index (χ4v) is 5.14. The lowest BCUT2D eigenvalue weighted by molar-refractivity contribution is -0.137. The molecule has 7 N–H and O–H groups in total. The van der Waals surface area contributed by atoms with E-state index in [1.807, 2.05) is 37.4 Å². The molecule has 0 bridgehead atoms. The minimum absolute atomic E-state index is 0.265. The highest BCUT2D eigenvalue weighted by Crippen LogP contribution is 2.39. The van der Waals surface area contributed by atoms with Crippen molar-refractivity contribution in [1.29, 1.82) is 0 Å². The van der Waals surface area contributed by atoms with Crippen LogP contribution in [0.1, 0.15) is 31.7 Å². The van der Waals surface area contributed by atoms with E-state index in [-0.39, 0.29) is 12.3 Å². The van der Waals surface area contributed by atoms with Gasteiger partial charge in [0.25, 0.3) is 5.91 Å². The van der Waals surface area contributed by atoms with Crippen LogP contribution in [0.4, 0.5) is 0 Å². The predicted molar refractivity (Wildman–Crippen MR) is 113 cm³/mol. The van der Waals surface area contributed by atoms with Crippen molar-refractivity contribution >= 4 is 30.7 Å². The molecule has 9 nitrogen and oxygen atoms in total. The molecular formula is C19H29N6O3P. The number of carbonyl (C=O) groups excluding carboxylic acids is 2. The van der Waals surface area contributed by atoms with Crippen molar-refractivity contribution in [3.05, 3.63) is 36.0 Å². The van der Waals surface area contributed by atoms with Gasteiger partial charge >= 0.3 is 0 Å². The number of nitrogens with one attached hydrogen (secondary N) is 3. The molecule has 1 aliphatic heterocycles. The van der Waals surface area contributed by atoms with E-state index >= 15 is 0 Å². The van der Waals surface area contributed by atoms with Crippen molar-refractivity contribution in [2.75, 3.05) is 13.1 Å². The van der Waals surface area contributed by atoms with Crippen molar-refractivity contribution in [3.8, 4) is 0 Å². The maximum atomic E-state index is 13.1. The molecule has 0 spiro atoms. The van der Waals surface area contributed by atoms with Crippen molar-refractivity contribution in [3.63, 3.8) is 0 Å². The highest BCUT2D eigenvalue weighted by molar-refractivity contribution is 7.45. The summed E-state index contributed by atoms with van der Waals surface area (Å²) in [7, 11) is -2.86. The van der Waals surface area contributed by atoms with Crippen LogP contribution in [0, 0.1) is 0 Å². The Bertz CT molecular complexity index is 916. The standard InChI is InChI=1S/C19H29N6O3P/c1-2-9-22-17(26)16(11-13-12-23-15-7-4-3-6-14(13)15)24-29(28)19(20)8-5-10-25(21)18(19)27/h3-4,6-7,12,16,23,29H,2,5,8-11,20-21H2,1H3,(H,22,26)(H,24,28)/t16?,19-/m0/s1. The molecule has 0 saturated carbocycles. The Labute approximate surface area is 170 Å². The Morgan fingerprint density at radius 1 is 1.41 bits per heavy atom. The number of hydrazine groups is 1. The number of aromatic nitrogens is 1. The van der Waals surface area contributed by atoms with E-state index in [1.54, 1.807) is 0 Å². The first kappa shape index (κ1) is 21.5. The number of hydrogen-bond acceptors (Lipinski definition) is 5. The van der Waals surface area contributed by atoms with Gasteiger partial charge in [-0.3, -0.25) is 19.7 Å². The normalized spacial score (nSPS) is 21.9. The fourth-order valence-electron chi connectivity index (χ4n) is 3.59. The molecule has 1 aromatic carbocycles. The lowest BCUT2D eigenvalue weighted by Crippen LogP contribution is -2.60. The van der Waals surface area contributed by atoms with Crippen molar-refractivity contribution in [2.24, 2.45) is 11.6 Å². The van der Waals surface area contributed by atoms with E-state index in [1.165, 1.54) is 0 Å². The molecule has 2 aromatic rings. The second kappa shape index (κ2) is 9.09. The fraction of sp³-hybridized carbons (Fsp3) is 0.474. The van der Waals surface area contributed by atoms with Gasteiger partial charge in [0.15, 0.2) is 13.2 Å². The monoisotopic (exact) mass is 420 g/mol. The summed E-state index contributed by atoms with van der Waals surface area (Å²) in [5, 5.41) is 6.14. The first-order chi connectivity index (χ1) is 13.9. The van der Waals surface area contributed by atoms with Crippen LogP contribution < -0.4 is 22.0 Å². The minimum atomic E-state index is -2.86. The number of carbonyl (C=O) groups is 2. The summed E-state index contributed by atoms with van der Waals surface area (Å²) < 4.78 is 13.1. The van der Waals surface area contributed by atoms with Gasteiger partial charge in [-0.05, 0) is 37.3 Å². The van der Waals surface area contributed by atoms with Gasteiger partial charge in [-0.1, -0.05) is 25.1 Å². The quantitative estimate of drug-likeness (QED) is 0.243. The van der Waals surface area contributed by atoms with Crippen molar-refractivity contribution in [2.45, 2.75) is 43.9 Å². The molecule has 0 aliphatic carbocycles. The van der Waals surface area contributed by atoms with Gasteiger partial charge < -0.3 is 20.6 Å². The molecular weight excluding hydrogens is 391 g/mol. The van der Waals surface area contributed by atoms with Gasteiger partial charge in [-0.15, -0.1) is 0 Å². The number of piperidine rings is 1. The average Bonchev–Trinajstić information content (AvgIpc) is 3.12. The van der Waals surface area contributed by atoms with Crippen LogP contribution in [0.5, 0.6) is 0 Å². The maximum Gasteiger partial charge on any atom is 0.265 e. The number of benzene rings is 1. The number of nitrogens with zero attached hydrogens (tertiary/aromatic N) is 1. The van der Waals surface area contributed by atoms with Gasteiger partial charge in [-0.25, -0.2) is 5.84 Å². The van der Waals surface area contributed by atoms with E-state index in [4.69, 9.17) is 11.6 Å². The Balaban J connectivity index is 1.82. The number of fused-ring (bicyclic) bond motifs is 1. The lowest BCUT2D eigenvalue weighted by Gasteiger charge is -2.37. The Morgan fingerprint density at radius 3 is 2.93 bits per heavy atom. The molecule has 29 heavy (non-hydrogen) atoms. The molecule has 1 aliphatic rings. The zero-order valence-electron chi connectivity index (χ0n) is 16.5. The van der Waals surface area contributed by atoms with Crippen LogP contribution in [-0.4, -0.2) is 46.2 Å². The molecule has 3 rings (SSSR count). The number of para-hydroxylation sites is 1. The molecule has 2 heterocycles. The van der Waals surface area contributed by atoms with Crippen molar-refractivity contribution < 1.29 is 14.2 Å². The third-order valence-electron chi connectivity index (χ3n) is 5.29. The van der Waals surface area contributed by atoms with Crippen molar-refractivity contribution in [1.82, 2.24) is 20.4 Å². The second-order valence-corrected chi connectivity index (χ2v) is 9.29. The highest BCUT2D eigenvalue weighted by atomic mass is 31.1. The molecule has 1 fully saturated rings. The third kappa shape index (κ3) is 4.53. The van der Waals surface area contributed by atoms with Crippen LogP contribution in [0.25, 0.3) is 10.9 Å². The molecule has 0 radical (unpaired) electrons. The zero-order chi connectivity index (χ0) is 21.0. The number of amides is 2. The smallest absolute Gasteiger partial charge is 0.265 e. The largest absolute Gasteiger partial charge is 0.361 e. The molecule has 1 aromatic heterocycles. The SMILES string of the molecule is CCCNC(=O)C(Cc1c[nH]c2ccccc12)N[PH](=O)[C@@]1(N)CCCN(N)C1=O. The van der Waals surface area contributed by atoms with Gasteiger partial charge in [0, 0.05) is 30.2 Å². The third-order valence-corrected chi connectivity index (χ3v) is 7.17. The van der Waals surface area contributed by atoms with E-state index in [0.29, 0.717) is 25.9 Å². The predicted octanol–water partition coefficient (Wildman–Crippen LogP) is 0.821. The first-order valence-electron chi connectivity index (χ1n) is 9.86. The van der Waals surface area contributed by atoms with E-state index in [2.05, 4.69) is 15.4 Å². The van der Waals surface area contributed by atoms with Crippen LogP contribution in [-0.2, 0) is 20.6 Å². The number of H-pyrrole nitrogens is 1. The number of rotatable bonds is 8. The highest BCUT2D eigenvalue weighted by Gasteiger charge is 2.45. The summed E-state index contributed by atoms with van der Waals surface area (Å²) in [5.41, 5.74) is 8.09. The molecule has 3 atom stereocenters. The van der Waals surface area contributed by atoms with Gasteiger partial charge in [0.2, 0.25) is 5.91 Å². The zero-order valence-corrected chi connectivity index (χ0v) is 17.5. The summed E-state index contributed by atoms with van der Waals surface area (Å²) in [4.78, 5) is 28.4. The summed E-state index contributed by atoms with van der Waals surface area (Å²) in [5.74, 6) is 4.86. The summed E-state index contributed by atoms with van der Waals surface area (Å²) in [6.07, 6.45) is 3.76. The number of aromatic amines is 1. The van der Waals surface area contributed by atoms with Gasteiger partial charge in [0.05, 0.1) is 6.04 Å². The van der Waals surface area contributed by atoms with E-state index < -0.39 is 25.2 Å². The van der Waals surface area contributed by atoms with Gasteiger partial charge in [-0.2, -0.15) is 0 Å². The lowest BCUT2D eigenvalue weighted by atomic mass is 10.1. The Kier molecular flexibility index (Phi) is 6.74.